The molecule has 0 bridgehead atoms. The fourth-order valence-electron chi connectivity index (χ4n) is 2.65. The van der Waals surface area contributed by atoms with Gasteiger partial charge in [0.15, 0.2) is 0 Å². The molecule has 1 N–H and O–H groups in total. The molecular weight excluding hydrogens is 242 g/mol. The molecule has 1 aliphatic rings. The lowest BCUT2D eigenvalue weighted by Crippen LogP contribution is -2.41. The van der Waals surface area contributed by atoms with Crippen LogP contribution in [0.1, 0.15) is 25.7 Å². The van der Waals surface area contributed by atoms with Gasteiger partial charge >= 0.3 is 5.97 Å². The molecule has 1 aromatic heterocycles. The van der Waals surface area contributed by atoms with Crippen LogP contribution in [0.25, 0.3) is 10.9 Å². The van der Waals surface area contributed by atoms with Gasteiger partial charge in [-0.05, 0) is 49.9 Å². The van der Waals surface area contributed by atoms with Crippen LogP contribution in [0.3, 0.4) is 0 Å². The highest BCUT2D eigenvalue weighted by Gasteiger charge is 2.43. The number of ether oxygens (including phenoxy) is 1. The molecule has 0 radical (unpaired) electrons. The van der Waals surface area contributed by atoms with E-state index in [1.165, 1.54) is 0 Å². The molecular formula is C15H15NO3. The van der Waals surface area contributed by atoms with E-state index < -0.39 is 11.6 Å². The number of rotatable bonds is 3. The van der Waals surface area contributed by atoms with Crippen molar-refractivity contribution < 1.29 is 14.6 Å². The summed E-state index contributed by atoms with van der Waals surface area (Å²) < 4.78 is 5.81. The second kappa shape index (κ2) is 4.53. The molecule has 3 rings (SSSR count). The summed E-state index contributed by atoms with van der Waals surface area (Å²) >= 11 is 0. The first-order valence-corrected chi connectivity index (χ1v) is 6.47. The highest BCUT2D eigenvalue weighted by Crippen LogP contribution is 2.35. The van der Waals surface area contributed by atoms with Crippen LogP contribution in [-0.2, 0) is 4.79 Å². The Morgan fingerprint density at radius 2 is 2.05 bits per heavy atom. The molecule has 1 heterocycles. The number of carbonyl (C=O) groups is 1. The highest BCUT2D eigenvalue weighted by molar-refractivity contribution is 5.81. The van der Waals surface area contributed by atoms with Gasteiger partial charge in [-0.1, -0.05) is 6.07 Å². The number of carboxylic acid groups (broad SMARTS) is 1. The monoisotopic (exact) mass is 257 g/mol. The van der Waals surface area contributed by atoms with Crippen molar-refractivity contribution in [3.05, 3.63) is 36.5 Å². The summed E-state index contributed by atoms with van der Waals surface area (Å²) in [6, 6.07) is 9.30. The van der Waals surface area contributed by atoms with Crippen molar-refractivity contribution in [3.63, 3.8) is 0 Å². The molecule has 0 amide bonds. The first-order valence-electron chi connectivity index (χ1n) is 6.47. The predicted octanol–water partition coefficient (Wildman–Crippen LogP) is 3.01. The van der Waals surface area contributed by atoms with Crippen LogP contribution in [0.4, 0.5) is 0 Å². The molecule has 98 valence electrons. The van der Waals surface area contributed by atoms with E-state index in [0.717, 1.165) is 23.7 Å². The molecule has 0 saturated heterocycles. The number of fused-ring (bicyclic) bond motifs is 1. The van der Waals surface area contributed by atoms with Gasteiger partial charge in [-0.15, -0.1) is 0 Å². The minimum absolute atomic E-state index is 0.577. The van der Waals surface area contributed by atoms with Crippen molar-refractivity contribution in [2.75, 3.05) is 0 Å². The maximum absolute atomic E-state index is 11.5. The van der Waals surface area contributed by atoms with E-state index in [1.807, 2.05) is 24.3 Å². The number of pyridine rings is 1. The lowest BCUT2D eigenvalue weighted by Gasteiger charge is -2.25. The molecule has 1 aliphatic carbocycles. The van der Waals surface area contributed by atoms with Crippen molar-refractivity contribution in [3.8, 4) is 5.75 Å². The van der Waals surface area contributed by atoms with Gasteiger partial charge < -0.3 is 9.84 Å². The van der Waals surface area contributed by atoms with E-state index in [4.69, 9.17) is 4.74 Å². The standard InChI is InChI=1S/C15H15NO3/c17-14(18)15(7-1-2-8-15)19-12-5-6-13-11(10-12)4-3-9-16-13/h3-6,9-10H,1-2,7-8H2,(H,17,18). The Labute approximate surface area is 111 Å². The van der Waals surface area contributed by atoms with E-state index in [0.29, 0.717) is 18.6 Å². The van der Waals surface area contributed by atoms with E-state index >= 15 is 0 Å². The van der Waals surface area contributed by atoms with Gasteiger partial charge in [0.2, 0.25) is 5.60 Å². The molecule has 0 spiro atoms. The Morgan fingerprint density at radius 3 is 2.79 bits per heavy atom. The summed E-state index contributed by atoms with van der Waals surface area (Å²) in [7, 11) is 0. The highest BCUT2D eigenvalue weighted by atomic mass is 16.5. The van der Waals surface area contributed by atoms with Crippen LogP contribution >= 0.6 is 0 Å². The van der Waals surface area contributed by atoms with Gasteiger partial charge in [0, 0.05) is 11.6 Å². The zero-order chi connectivity index (χ0) is 13.3. The Balaban J connectivity index is 1.94. The zero-order valence-corrected chi connectivity index (χ0v) is 10.5. The second-order valence-electron chi connectivity index (χ2n) is 4.97. The smallest absolute Gasteiger partial charge is 0.348 e. The fraction of sp³-hybridized carbons (Fsp3) is 0.333. The molecule has 1 fully saturated rings. The van der Waals surface area contributed by atoms with Crippen LogP contribution in [-0.4, -0.2) is 21.7 Å². The van der Waals surface area contributed by atoms with Gasteiger partial charge in [-0.3, -0.25) is 4.98 Å². The van der Waals surface area contributed by atoms with E-state index in [1.54, 1.807) is 12.3 Å². The minimum atomic E-state index is -1.05. The van der Waals surface area contributed by atoms with Crippen LogP contribution in [0, 0.1) is 0 Å². The Morgan fingerprint density at radius 1 is 1.26 bits per heavy atom. The van der Waals surface area contributed by atoms with Crippen molar-refractivity contribution in [1.82, 2.24) is 4.98 Å². The average molecular weight is 257 g/mol. The lowest BCUT2D eigenvalue weighted by molar-refractivity contribution is -0.154. The summed E-state index contributed by atoms with van der Waals surface area (Å²) in [5, 5.41) is 10.4. The van der Waals surface area contributed by atoms with Crippen LogP contribution < -0.4 is 4.74 Å². The number of hydrogen-bond acceptors (Lipinski definition) is 3. The SMILES string of the molecule is O=C(O)C1(Oc2ccc3ncccc3c2)CCCC1. The average Bonchev–Trinajstić information content (AvgIpc) is 2.88. The van der Waals surface area contributed by atoms with E-state index in [9.17, 15) is 9.90 Å². The quantitative estimate of drug-likeness (QED) is 0.918. The first-order chi connectivity index (χ1) is 9.20. The molecule has 1 saturated carbocycles. The number of hydrogen-bond donors (Lipinski definition) is 1. The predicted molar refractivity (Wildman–Crippen MR) is 71.2 cm³/mol. The van der Waals surface area contributed by atoms with E-state index in [2.05, 4.69) is 4.98 Å². The molecule has 1 aromatic carbocycles. The third kappa shape index (κ3) is 2.14. The molecule has 4 heteroatoms. The summed E-state index contributed by atoms with van der Waals surface area (Å²) in [5.74, 6) is -0.263. The normalized spacial score (nSPS) is 17.5. The fourth-order valence-corrected chi connectivity index (χ4v) is 2.65. The second-order valence-corrected chi connectivity index (χ2v) is 4.97. The van der Waals surface area contributed by atoms with Gasteiger partial charge in [-0.2, -0.15) is 0 Å². The topological polar surface area (TPSA) is 59.4 Å². The molecule has 0 atom stereocenters. The number of nitrogens with zero attached hydrogens (tertiary/aromatic N) is 1. The summed E-state index contributed by atoms with van der Waals surface area (Å²) in [6.45, 7) is 0. The summed E-state index contributed by atoms with van der Waals surface area (Å²) in [5.41, 5.74) is -0.166. The van der Waals surface area contributed by atoms with Crippen molar-refractivity contribution in [2.24, 2.45) is 0 Å². The van der Waals surface area contributed by atoms with Crippen molar-refractivity contribution in [1.29, 1.82) is 0 Å². The summed E-state index contributed by atoms with van der Waals surface area (Å²) in [6.07, 6.45) is 4.70. The molecule has 0 unspecified atom stereocenters. The van der Waals surface area contributed by atoms with Crippen molar-refractivity contribution >= 4 is 16.9 Å². The number of aliphatic carboxylic acids is 1. The largest absolute Gasteiger partial charge is 0.478 e. The van der Waals surface area contributed by atoms with Crippen LogP contribution in [0.2, 0.25) is 0 Å². The molecule has 2 aromatic rings. The van der Waals surface area contributed by atoms with E-state index in [-0.39, 0.29) is 0 Å². The van der Waals surface area contributed by atoms with Gasteiger partial charge in [0.05, 0.1) is 5.52 Å². The maximum atomic E-state index is 11.5. The minimum Gasteiger partial charge on any atom is -0.478 e. The Bertz CT molecular complexity index is 618. The number of aromatic nitrogens is 1. The third-order valence-electron chi connectivity index (χ3n) is 3.69. The third-order valence-corrected chi connectivity index (χ3v) is 3.69. The van der Waals surface area contributed by atoms with Gasteiger partial charge in [0.25, 0.3) is 0 Å². The first kappa shape index (κ1) is 12.0. The number of benzene rings is 1. The maximum Gasteiger partial charge on any atom is 0.348 e. The lowest BCUT2D eigenvalue weighted by atomic mass is 10.0. The Hall–Kier alpha value is -2.10. The molecule has 4 nitrogen and oxygen atoms in total. The van der Waals surface area contributed by atoms with Crippen molar-refractivity contribution in [2.45, 2.75) is 31.3 Å². The van der Waals surface area contributed by atoms with Crippen LogP contribution in [0.15, 0.2) is 36.5 Å². The molecule has 19 heavy (non-hydrogen) atoms. The zero-order valence-electron chi connectivity index (χ0n) is 10.5. The molecule has 0 aliphatic heterocycles. The van der Waals surface area contributed by atoms with Gasteiger partial charge in [-0.25, -0.2) is 4.79 Å². The Kier molecular flexibility index (Phi) is 2.85. The summed E-state index contributed by atoms with van der Waals surface area (Å²) in [4.78, 5) is 15.7. The van der Waals surface area contributed by atoms with Crippen LogP contribution in [0.5, 0.6) is 5.75 Å². The number of carboxylic acids is 1. The van der Waals surface area contributed by atoms with Gasteiger partial charge in [0.1, 0.15) is 5.75 Å².